The Morgan fingerprint density at radius 2 is 1.95 bits per heavy atom. The second-order valence-electron chi connectivity index (χ2n) is 6.39. The molecular formula is C17H25N3O. The van der Waals surface area contributed by atoms with E-state index in [-0.39, 0.29) is 12.0 Å². The molecule has 0 radical (unpaired) electrons. The van der Waals surface area contributed by atoms with Crippen molar-refractivity contribution in [2.45, 2.75) is 31.8 Å². The fourth-order valence-electron chi connectivity index (χ4n) is 3.49. The SMILES string of the molecule is N[C@@H]1CCN(C(=O)C2CCCN(Cc3ccccc3)C2)C1. The van der Waals surface area contributed by atoms with E-state index in [0.29, 0.717) is 5.91 Å². The summed E-state index contributed by atoms with van der Waals surface area (Å²) in [5.41, 5.74) is 7.25. The topological polar surface area (TPSA) is 49.6 Å². The number of likely N-dealkylation sites (tertiary alicyclic amines) is 2. The first kappa shape index (κ1) is 14.5. The van der Waals surface area contributed by atoms with Gasteiger partial charge >= 0.3 is 0 Å². The number of carbonyl (C=O) groups is 1. The minimum absolute atomic E-state index is 0.160. The fourth-order valence-corrected chi connectivity index (χ4v) is 3.49. The molecule has 0 saturated carbocycles. The first-order chi connectivity index (χ1) is 10.2. The van der Waals surface area contributed by atoms with Crippen LogP contribution in [0.5, 0.6) is 0 Å². The standard InChI is InChI=1S/C17H25N3O/c18-16-8-10-20(13-16)17(21)15-7-4-9-19(12-15)11-14-5-2-1-3-6-14/h1-3,5-6,15-16H,4,7-13,18H2/t15?,16-/m1/s1. The summed E-state index contributed by atoms with van der Waals surface area (Å²) in [6.45, 7) is 4.52. The molecule has 21 heavy (non-hydrogen) atoms. The van der Waals surface area contributed by atoms with Crippen molar-refractivity contribution in [3.63, 3.8) is 0 Å². The highest BCUT2D eigenvalue weighted by molar-refractivity contribution is 5.79. The van der Waals surface area contributed by atoms with Gasteiger partial charge in [0.05, 0.1) is 5.92 Å². The van der Waals surface area contributed by atoms with Crippen LogP contribution in [0.1, 0.15) is 24.8 Å². The summed E-state index contributed by atoms with van der Waals surface area (Å²) < 4.78 is 0. The molecule has 0 bridgehead atoms. The van der Waals surface area contributed by atoms with Gasteiger partial charge in [-0.05, 0) is 31.4 Å². The molecule has 0 aliphatic carbocycles. The summed E-state index contributed by atoms with van der Waals surface area (Å²) in [6, 6.07) is 10.7. The van der Waals surface area contributed by atoms with E-state index in [1.165, 1.54) is 5.56 Å². The van der Waals surface area contributed by atoms with E-state index in [0.717, 1.165) is 52.0 Å². The van der Waals surface area contributed by atoms with Gasteiger partial charge in [0.2, 0.25) is 5.91 Å². The molecule has 1 aromatic rings. The molecular weight excluding hydrogens is 262 g/mol. The van der Waals surface area contributed by atoms with E-state index in [1.807, 2.05) is 11.0 Å². The zero-order valence-corrected chi connectivity index (χ0v) is 12.6. The Kier molecular flexibility index (Phi) is 4.56. The van der Waals surface area contributed by atoms with Gasteiger partial charge in [0.1, 0.15) is 0 Å². The molecule has 4 heteroatoms. The summed E-state index contributed by atoms with van der Waals surface area (Å²) in [6.07, 6.45) is 3.09. The van der Waals surface area contributed by atoms with Crippen LogP contribution in [0.3, 0.4) is 0 Å². The lowest BCUT2D eigenvalue weighted by atomic mass is 9.96. The third kappa shape index (κ3) is 3.63. The van der Waals surface area contributed by atoms with Crippen molar-refractivity contribution >= 4 is 5.91 Å². The molecule has 0 spiro atoms. The van der Waals surface area contributed by atoms with Crippen molar-refractivity contribution in [2.24, 2.45) is 11.7 Å². The Hall–Kier alpha value is -1.39. The van der Waals surface area contributed by atoms with E-state index >= 15 is 0 Å². The van der Waals surface area contributed by atoms with Gasteiger partial charge in [-0.25, -0.2) is 0 Å². The van der Waals surface area contributed by atoms with Crippen LogP contribution >= 0.6 is 0 Å². The fraction of sp³-hybridized carbons (Fsp3) is 0.588. The zero-order valence-electron chi connectivity index (χ0n) is 12.6. The molecule has 2 aliphatic heterocycles. The molecule has 0 aromatic heterocycles. The van der Waals surface area contributed by atoms with Crippen LogP contribution < -0.4 is 5.73 Å². The van der Waals surface area contributed by atoms with E-state index in [2.05, 4.69) is 29.2 Å². The summed E-state index contributed by atoms with van der Waals surface area (Å²) >= 11 is 0. The second kappa shape index (κ2) is 6.58. The van der Waals surface area contributed by atoms with Gasteiger partial charge in [0.25, 0.3) is 0 Å². The lowest BCUT2D eigenvalue weighted by molar-refractivity contribution is -0.136. The van der Waals surface area contributed by atoms with Crippen molar-refractivity contribution in [1.29, 1.82) is 0 Å². The molecule has 4 nitrogen and oxygen atoms in total. The Labute approximate surface area is 126 Å². The highest BCUT2D eigenvalue weighted by Gasteiger charge is 2.32. The third-order valence-corrected chi connectivity index (χ3v) is 4.64. The Balaban J connectivity index is 1.57. The van der Waals surface area contributed by atoms with Crippen LogP contribution in [0.4, 0.5) is 0 Å². The van der Waals surface area contributed by atoms with Crippen molar-refractivity contribution in [1.82, 2.24) is 9.80 Å². The lowest BCUT2D eigenvalue weighted by Gasteiger charge is -2.34. The Morgan fingerprint density at radius 1 is 1.14 bits per heavy atom. The van der Waals surface area contributed by atoms with Gasteiger partial charge in [-0.3, -0.25) is 9.69 Å². The maximum atomic E-state index is 12.6. The lowest BCUT2D eigenvalue weighted by Crippen LogP contribution is -2.44. The summed E-state index contributed by atoms with van der Waals surface area (Å²) in [5.74, 6) is 0.480. The third-order valence-electron chi connectivity index (χ3n) is 4.64. The average molecular weight is 287 g/mol. The molecule has 2 fully saturated rings. The number of amides is 1. The molecule has 2 atom stereocenters. The Morgan fingerprint density at radius 3 is 2.67 bits per heavy atom. The predicted molar refractivity (Wildman–Crippen MR) is 83.6 cm³/mol. The minimum atomic E-state index is 0.160. The zero-order chi connectivity index (χ0) is 14.7. The van der Waals surface area contributed by atoms with Crippen LogP contribution in [-0.4, -0.2) is 47.9 Å². The van der Waals surface area contributed by atoms with Crippen LogP contribution in [0.15, 0.2) is 30.3 Å². The highest BCUT2D eigenvalue weighted by Crippen LogP contribution is 2.22. The summed E-state index contributed by atoms with van der Waals surface area (Å²) in [7, 11) is 0. The molecule has 2 N–H and O–H groups in total. The average Bonchev–Trinajstić information content (AvgIpc) is 2.94. The molecule has 1 amide bonds. The number of hydrogen-bond acceptors (Lipinski definition) is 3. The smallest absolute Gasteiger partial charge is 0.227 e. The molecule has 1 unspecified atom stereocenters. The number of piperidine rings is 1. The van der Waals surface area contributed by atoms with Crippen LogP contribution in [0, 0.1) is 5.92 Å². The molecule has 2 saturated heterocycles. The molecule has 3 rings (SSSR count). The highest BCUT2D eigenvalue weighted by atomic mass is 16.2. The van der Waals surface area contributed by atoms with Crippen molar-refractivity contribution in [3.05, 3.63) is 35.9 Å². The number of nitrogens with zero attached hydrogens (tertiary/aromatic N) is 2. The van der Waals surface area contributed by atoms with E-state index in [4.69, 9.17) is 5.73 Å². The number of hydrogen-bond donors (Lipinski definition) is 1. The second-order valence-corrected chi connectivity index (χ2v) is 6.39. The van der Waals surface area contributed by atoms with Crippen LogP contribution in [-0.2, 0) is 11.3 Å². The monoisotopic (exact) mass is 287 g/mol. The molecule has 2 heterocycles. The number of nitrogens with two attached hydrogens (primary N) is 1. The largest absolute Gasteiger partial charge is 0.341 e. The predicted octanol–water partition coefficient (Wildman–Crippen LogP) is 1.46. The number of benzene rings is 1. The first-order valence-electron chi connectivity index (χ1n) is 8.03. The van der Waals surface area contributed by atoms with Gasteiger partial charge < -0.3 is 10.6 Å². The van der Waals surface area contributed by atoms with Gasteiger partial charge in [-0.15, -0.1) is 0 Å². The van der Waals surface area contributed by atoms with Crippen molar-refractivity contribution < 1.29 is 4.79 Å². The first-order valence-corrected chi connectivity index (χ1v) is 8.03. The van der Waals surface area contributed by atoms with Crippen molar-refractivity contribution in [3.8, 4) is 0 Å². The quantitative estimate of drug-likeness (QED) is 0.915. The van der Waals surface area contributed by atoms with E-state index < -0.39 is 0 Å². The van der Waals surface area contributed by atoms with Gasteiger partial charge in [-0.1, -0.05) is 30.3 Å². The van der Waals surface area contributed by atoms with Gasteiger partial charge in [-0.2, -0.15) is 0 Å². The van der Waals surface area contributed by atoms with Crippen LogP contribution in [0.2, 0.25) is 0 Å². The number of carbonyl (C=O) groups excluding carboxylic acids is 1. The molecule has 114 valence electrons. The maximum Gasteiger partial charge on any atom is 0.227 e. The van der Waals surface area contributed by atoms with Crippen molar-refractivity contribution in [2.75, 3.05) is 26.2 Å². The normalized spacial score (nSPS) is 27.0. The van der Waals surface area contributed by atoms with E-state index in [9.17, 15) is 4.79 Å². The molecule has 1 aromatic carbocycles. The minimum Gasteiger partial charge on any atom is -0.341 e. The van der Waals surface area contributed by atoms with Crippen LogP contribution in [0.25, 0.3) is 0 Å². The number of rotatable bonds is 3. The summed E-state index contributed by atoms with van der Waals surface area (Å²) in [5, 5.41) is 0. The summed E-state index contributed by atoms with van der Waals surface area (Å²) in [4.78, 5) is 17.0. The maximum absolute atomic E-state index is 12.6. The van der Waals surface area contributed by atoms with E-state index in [1.54, 1.807) is 0 Å². The Bertz CT molecular complexity index is 476. The molecule has 2 aliphatic rings. The van der Waals surface area contributed by atoms with Gasteiger partial charge in [0.15, 0.2) is 0 Å². The van der Waals surface area contributed by atoms with Gasteiger partial charge in [0, 0.05) is 32.2 Å².